The Morgan fingerprint density at radius 1 is 0.857 bits per heavy atom. The van der Waals surface area contributed by atoms with Crippen molar-refractivity contribution in [1.29, 1.82) is 0 Å². The molecule has 11 N–H and O–H groups in total. The average Bonchev–Trinajstić information content (AvgIpc) is 2.71. The van der Waals surface area contributed by atoms with E-state index in [0.29, 0.717) is 6.42 Å². The standard InChI is InChI=1S/C21H39N7O7/c1-10(2)8-12(22)17(31)28-16(11(3)4)19(33)26-13(6-5-7-25-21(23)24)18(32)27-14(20(34)35)9-15(29)30/h10-14,16H,5-9,22H2,1-4H3,(H,26,33)(H,27,32)(H,28,31)(H,29,30)(H,34,35)(H4,23,24,25). The van der Waals surface area contributed by atoms with Crippen LogP contribution in [0.15, 0.2) is 4.99 Å². The number of nitrogens with one attached hydrogen (secondary N) is 3. The molecule has 0 saturated heterocycles. The van der Waals surface area contributed by atoms with Crippen molar-refractivity contribution in [3.05, 3.63) is 0 Å². The van der Waals surface area contributed by atoms with E-state index < -0.39 is 60.2 Å². The summed E-state index contributed by atoms with van der Waals surface area (Å²) < 4.78 is 0. The summed E-state index contributed by atoms with van der Waals surface area (Å²) in [6.45, 7) is 7.33. The Hall–Kier alpha value is -3.42. The van der Waals surface area contributed by atoms with Crippen LogP contribution in [0.4, 0.5) is 0 Å². The summed E-state index contributed by atoms with van der Waals surface area (Å²) in [6.07, 6.45) is -0.188. The van der Waals surface area contributed by atoms with E-state index in [1.165, 1.54) is 0 Å². The lowest BCUT2D eigenvalue weighted by molar-refractivity contribution is -0.147. The molecule has 0 fully saturated rings. The number of nitrogens with two attached hydrogens (primary N) is 3. The molecule has 0 aliphatic rings. The highest BCUT2D eigenvalue weighted by Crippen LogP contribution is 2.08. The van der Waals surface area contributed by atoms with Gasteiger partial charge >= 0.3 is 11.9 Å². The molecule has 0 bridgehead atoms. The number of guanidine groups is 1. The van der Waals surface area contributed by atoms with Gasteiger partial charge in [0.25, 0.3) is 0 Å². The molecule has 0 heterocycles. The van der Waals surface area contributed by atoms with Crippen molar-refractivity contribution in [1.82, 2.24) is 16.0 Å². The average molecular weight is 502 g/mol. The Kier molecular flexibility index (Phi) is 14.0. The number of carbonyl (C=O) groups excluding carboxylic acids is 3. The van der Waals surface area contributed by atoms with Gasteiger partial charge in [-0.1, -0.05) is 27.7 Å². The van der Waals surface area contributed by atoms with E-state index in [1.807, 2.05) is 13.8 Å². The minimum Gasteiger partial charge on any atom is -0.481 e. The third kappa shape index (κ3) is 13.2. The van der Waals surface area contributed by atoms with Crippen LogP contribution in [-0.4, -0.2) is 76.5 Å². The largest absolute Gasteiger partial charge is 0.481 e. The van der Waals surface area contributed by atoms with E-state index in [-0.39, 0.29) is 37.2 Å². The van der Waals surface area contributed by atoms with E-state index in [0.717, 1.165) is 0 Å². The minimum atomic E-state index is -1.70. The summed E-state index contributed by atoms with van der Waals surface area (Å²) in [7, 11) is 0. The van der Waals surface area contributed by atoms with Gasteiger partial charge in [-0.3, -0.25) is 24.2 Å². The van der Waals surface area contributed by atoms with Crippen molar-refractivity contribution in [3.63, 3.8) is 0 Å². The van der Waals surface area contributed by atoms with Gasteiger partial charge < -0.3 is 43.4 Å². The maximum Gasteiger partial charge on any atom is 0.326 e. The number of hydrogen-bond donors (Lipinski definition) is 8. The summed E-state index contributed by atoms with van der Waals surface area (Å²) in [6, 6.07) is -4.79. The Morgan fingerprint density at radius 2 is 1.43 bits per heavy atom. The predicted molar refractivity (Wildman–Crippen MR) is 128 cm³/mol. The molecular weight excluding hydrogens is 462 g/mol. The predicted octanol–water partition coefficient (Wildman–Crippen LogP) is -1.92. The van der Waals surface area contributed by atoms with Crippen molar-refractivity contribution >= 4 is 35.6 Å². The maximum atomic E-state index is 13.0. The second kappa shape index (κ2) is 15.5. The van der Waals surface area contributed by atoms with Crippen molar-refractivity contribution in [2.24, 2.45) is 34.0 Å². The van der Waals surface area contributed by atoms with Gasteiger partial charge in [0.1, 0.15) is 18.1 Å². The molecule has 4 atom stereocenters. The summed E-state index contributed by atoms with van der Waals surface area (Å²) in [5, 5.41) is 25.3. The lowest BCUT2D eigenvalue weighted by atomic mass is 9.99. The van der Waals surface area contributed by atoms with E-state index in [4.69, 9.17) is 22.3 Å². The van der Waals surface area contributed by atoms with Crippen LogP contribution in [0.2, 0.25) is 0 Å². The number of carboxylic acid groups (broad SMARTS) is 2. The molecule has 0 radical (unpaired) electrons. The zero-order valence-electron chi connectivity index (χ0n) is 20.6. The number of amides is 3. The maximum absolute atomic E-state index is 13.0. The fraction of sp³-hybridized carbons (Fsp3) is 0.714. The molecule has 0 saturated carbocycles. The topological polar surface area (TPSA) is 252 Å². The molecule has 0 aliphatic carbocycles. The van der Waals surface area contributed by atoms with Gasteiger partial charge in [-0.25, -0.2) is 4.79 Å². The van der Waals surface area contributed by atoms with Gasteiger partial charge in [0.05, 0.1) is 12.5 Å². The quantitative estimate of drug-likeness (QED) is 0.0661. The molecule has 4 unspecified atom stereocenters. The van der Waals surface area contributed by atoms with Gasteiger partial charge in [0, 0.05) is 6.54 Å². The van der Waals surface area contributed by atoms with Crippen molar-refractivity contribution in [2.75, 3.05) is 6.54 Å². The highest BCUT2D eigenvalue weighted by molar-refractivity contribution is 5.94. The van der Waals surface area contributed by atoms with Crippen LogP contribution in [0.1, 0.15) is 53.4 Å². The van der Waals surface area contributed by atoms with Crippen LogP contribution in [-0.2, 0) is 24.0 Å². The minimum absolute atomic E-state index is 0.0133. The molecule has 0 spiro atoms. The van der Waals surface area contributed by atoms with Crippen molar-refractivity contribution in [3.8, 4) is 0 Å². The summed E-state index contributed by atoms with van der Waals surface area (Å²) in [4.78, 5) is 64.3. The molecule has 0 aromatic carbocycles. The normalized spacial score (nSPS) is 14.4. The van der Waals surface area contributed by atoms with Crippen LogP contribution < -0.4 is 33.2 Å². The first-order valence-corrected chi connectivity index (χ1v) is 11.3. The molecule has 0 aromatic rings. The fourth-order valence-electron chi connectivity index (χ4n) is 3.09. The number of nitrogens with zero attached hydrogens (tertiary/aromatic N) is 1. The van der Waals surface area contributed by atoms with E-state index in [9.17, 15) is 29.1 Å². The smallest absolute Gasteiger partial charge is 0.326 e. The van der Waals surface area contributed by atoms with E-state index in [2.05, 4.69) is 20.9 Å². The second-order valence-corrected chi connectivity index (χ2v) is 8.97. The lowest BCUT2D eigenvalue weighted by Gasteiger charge is -2.27. The Labute approximate surface area is 204 Å². The van der Waals surface area contributed by atoms with Crippen LogP contribution in [0.3, 0.4) is 0 Å². The Morgan fingerprint density at radius 3 is 1.89 bits per heavy atom. The molecule has 0 aromatic heterocycles. The molecule has 3 amide bonds. The highest BCUT2D eigenvalue weighted by Gasteiger charge is 2.32. The van der Waals surface area contributed by atoms with Gasteiger partial charge in [-0.15, -0.1) is 0 Å². The van der Waals surface area contributed by atoms with Crippen LogP contribution in [0.25, 0.3) is 0 Å². The van der Waals surface area contributed by atoms with Gasteiger partial charge in [-0.2, -0.15) is 0 Å². The van der Waals surface area contributed by atoms with Gasteiger partial charge in [0.2, 0.25) is 17.7 Å². The third-order valence-electron chi connectivity index (χ3n) is 4.88. The molecule has 14 nitrogen and oxygen atoms in total. The molecule has 0 rings (SSSR count). The third-order valence-corrected chi connectivity index (χ3v) is 4.88. The summed E-state index contributed by atoms with van der Waals surface area (Å²) in [5.41, 5.74) is 16.5. The van der Waals surface area contributed by atoms with Crippen LogP contribution in [0, 0.1) is 11.8 Å². The number of carbonyl (C=O) groups is 5. The molecule has 14 heteroatoms. The number of aliphatic imine (C=N–C) groups is 1. The second-order valence-electron chi connectivity index (χ2n) is 8.97. The monoisotopic (exact) mass is 501 g/mol. The van der Waals surface area contributed by atoms with E-state index >= 15 is 0 Å². The molecule has 35 heavy (non-hydrogen) atoms. The fourth-order valence-corrected chi connectivity index (χ4v) is 3.09. The highest BCUT2D eigenvalue weighted by atomic mass is 16.4. The first kappa shape index (κ1) is 31.6. The van der Waals surface area contributed by atoms with E-state index in [1.54, 1.807) is 13.8 Å². The summed E-state index contributed by atoms with van der Waals surface area (Å²) in [5.74, 6) is -5.44. The van der Waals surface area contributed by atoms with Crippen LogP contribution in [0.5, 0.6) is 0 Å². The number of rotatable bonds is 16. The zero-order chi connectivity index (χ0) is 27.3. The Bertz CT molecular complexity index is 782. The first-order valence-electron chi connectivity index (χ1n) is 11.3. The number of hydrogen-bond acceptors (Lipinski definition) is 7. The van der Waals surface area contributed by atoms with Crippen molar-refractivity contribution in [2.45, 2.75) is 77.5 Å². The zero-order valence-corrected chi connectivity index (χ0v) is 20.6. The summed E-state index contributed by atoms with van der Waals surface area (Å²) >= 11 is 0. The molecule has 200 valence electrons. The number of aliphatic carboxylic acids is 2. The first-order chi connectivity index (χ1) is 16.1. The number of carboxylic acids is 2. The molecular formula is C21H39N7O7. The van der Waals surface area contributed by atoms with Crippen LogP contribution >= 0.6 is 0 Å². The SMILES string of the molecule is CC(C)CC(N)C(=O)NC(C(=O)NC(CCCN=C(N)N)C(=O)NC(CC(=O)O)C(=O)O)C(C)C. The molecule has 0 aliphatic heterocycles. The lowest BCUT2D eigenvalue weighted by Crippen LogP contribution is -2.58. The Balaban J connectivity index is 5.58. The van der Waals surface area contributed by atoms with Gasteiger partial charge in [0.15, 0.2) is 5.96 Å². The van der Waals surface area contributed by atoms with Crippen molar-refractivity contribution < 1.29 is 34.2 Å². The van der Waals surface area contributed by atoms with Gasteiger partial charge in [-0.05, 0) is 31.1 Å².